The lowest BCUT2D eigenvalue weighted by molar-refractivity contribution is 0.103. The molecule has 23 heavy (non-hydrogen) atoms. The smallest absolute Gasteiger partial charge is 0.197 e. The molecule has 0 aliphatic carbocycles. The van der Waals surface area contributed by atoms with E-state index in [1.165, 1.54) is 18.2 Å². The third-order valence-electron chi connectivity index (χ3n) is 3.55. The summed E-state index contributed by atoms with van der Waals surface area (Å²) in [6, 6.07) is 7.41. The monoisotopic (exact) mass is 536 g/mol. The first kappa shape index (κ1) is 16.7. The summed E-state index contributed by atoms with van der Waals surface area (Å²) in [6.45, 7) is 1.88. The van der Waals surface area contributed by atoms with Crippen LogP contribution in [0.25, 0.3) is 11.0 Å². The van der Waals surface area contributed by atoms with E-state index in [2.05, 4.69) is 0 Å². The van der Waals surface area contributed by atoms with E-state index in [1.54, 1.807) is 12.1 Å². The maximum atomic E-state index is 13.6. The summed E-state index contributed by atoms with van der Waals surface area (Å²) in [7, 11) is 0. The first-order valence-corrected chi connectivity index (χ1v) is 9.01. The molecule has 0 saturated carbocycles. The third-order valence-corrected chi connectivity index (χ3v) is 5.19. The van der Waals surface area contributed by atoms with Crippen molar-refractivity contribution in [2.75, 3.05) is 0 Å². The van der Waals surface area contributed by atoms with Crippen LogP contribution in [0, 0.1) is 13.0 Å². The molecule has 0 aliphatic rings. The van der Waals surface area contributed by atoms with Crippen molar-refractivity contribution in [1.29, 1.82) is 0 Å². The zero-order chi connectivity index (χ0) is 16.7. The van der Waals surface area contributed by atoms with Gasteiger partial charge in [-0.1, -0.05) is 6.92 Å². The average molecular weight is 536 g/mol. The molecule has 0 spiro atoms. The number of hydrogen-bond donors (Lipinski definition) is 1. The minimum absolute atomic E-state index is 0.154. The lowest BCUT2D eigenvalue weighted by atomic mass is 9.99. The highest BCUT2D eigenvalue weighted by Crippen LogP contribution is 2.32. The quantitative estimate of drug-likeness (QED) is 0.367. The molecule has 0 amide bonds. The van der Waals surface area contributed by atoms with E-state index in [0.29, 0.717) is 41.4 Å². The van der Waals surface area contributed by atoms with E-state index in [9.17, 15) is 14.3 Å². The predicted molar refractivity (Wildman–Crippen MR) is 103 cm³/mol. The van der Waals surface area contributed by atoms with E-state index in [1.807, 2.05) is 52.1 Å². The van der Waals surface area contributed by atoms with Gasteiger partial charge in [0, 0.05) is 17.4 Å². The second kappa shape index (κ2) is 6.39. The molecule has 3 aromatic rings. The SMILES string of the molecule is CCc1oc2ccc(F)cc2c1C(=O)c1cc(I)c(O)c(I)c1. The standard InChI is InChI=1S/C17H11FI2O3/c1-2-13-15(10-7-9(18)3-4-14(10)23-13)16(21)8-5-11(19)17(22)12(20)6-8/h3-7,22H,2H2,1H3. The highest BCUT2D eigenvalue weighted by atomic mass is 127. The molecule has 0 saturated heterocycles. The Balaban J connectivity index is 2.23. The fourth-order valence-electron chi connectivity index (χ4n) is 2.46. The Bertz CT molecular complexity index is 908. The molecule has 0 bridgehead atoms. The van der Waals surface area contributed by atoms with Crippen LogP contribution < -0.4 is 0 Å². The maximum absolute atomic E-state index is 13.6. The summed E-state index contributed by atoms with van der Waals surface area (Å²) >= 11 is 3.96. The van der Waals surface area contributed by atoms with E-state index in [0.717, 1.165) is 0 Å². The number of phenols is 1. The third kappa shape index (κ3) is 2.98. The van der Waals surface area contributed by atoms with E-state index in [-0.39, 0.29) is 11.5 Å². The number of ketones is 1. The number of furan rings is 1. The zero-order valence-electron chi connectivity index (χ0n) is 12.0. The van der Waals surface area contributed by atoms with E-state index >= 15 is 0 Å². The Morgan fingerprint density at radius 2 is 1.87 bits per heavy atom. The summed E-state index contributed by atoms with van der Waals surface area (Å²) < 4.78 is 20.5. The number of halogens is 3. The van der Waals surface area contributed by atoms with Gasteiger partial charge in [0.15, 0.2) is 5.78 Å². The molecular formula is C17H11FI2O3. The van der Waals surface area contributed by atoms with Gasteiger partial charge in [-0.2, -0.15) is 0 Å². The molecule has 0 radical (unpaired) electrons. The van der Waals surface area contributed by atoms with Gasteiger partial charge in [0.1, 0.15) is 22.9 Å². The Hall–Kier alpha value is -1.16. The van der Waals surface area contributed by atoms with Crippen molar-refractivity contribution in [2.45, 2.75) is 13.3 Å². The summed E-state index contributed by atoms with van der Waals surface area (Å²) in [4.78, 5) is 13.0. The lowest BCUT2D eigenvalue weighted by Gasteiger charge is -2.06. The molecule has 0 unspecified atom stereocenters. The van der Waals surface area contributed by atoms with Crippen LogP contribution in [0.3, 0.4) is 0 Å². The summed E-state index contributed by atoms with van der Waals surface area (Å²) in [5.74, 6) is 0.0437. The van der Waals surface area contributed by atoms with Crippen LogP contribution in [0.5, 0.6) is 5.75 Å². The highest BCUT2D eigenvalue weighted by Gasteiger charge is 2.22. The number of phenolic OH excluding ortho intramolecular Hbond substituents is 1. The maximum Gasteiger partial charge on any atom is 0.197 e. The Labute approximate surface area is 159 Å². The van der Waals surface area contributed by atoms with Gasteiger partial charge in [-0.3, -0.25) is 4.79 Å². The Morgan fingerprint density at radius 3 is 2.48 bits per heavy atom. The van der Waals surface area contributed by atoms with Crippen LogP contribution in [0.1, 0.15) is 28.6 Å². The normalized spacial score (nSPS) is 11.1. The molecule has 1 N–H and O–H groups in total. The first-order chi connectivity index (χ1) is 10.9. The van der Waals surface area contributed by atoms with Crippen molar-refractivity contribution < 1.29 is 18.7 Å². The number of aryl methyl sites for hydroxylation is 1. The van der Waals surface area contributed by atoms with Gasteiger partial charge in [-0.15, -0.1) is 0 Å². The molecule has 118 valence electrons. The van der Waals surface area contributed by atoms with Crippen LogP contribution in [0.4, 0.5) is 4.39 Å². The molecule has 1 aromatic heterocycles. The van der Waals surface area contributed by atoms with Crippen LogP contribution in [0.2, 0.25) is 0 Å². The van der Waals surface area contributed by atoms with Gasteiger partial charge in [0.05, 0.1) is 12.7 Å². The Kier molecular flexibility index (Phi) is 4.63. The molecule has 2 aromatic carbocycles. The van der Waals surface area contributed by atoms with Gasteiger partial charge in [0.25, 0.3) is 0 Å². The predicted octanol–water partition coefficient (Wildman–Crippen LogP) is 5.28. The second-order valence-corrected chi connectivity index (χ2v) is 7.34. The number of fused-ring (bicyclic) bond motifs is 1. The van der Waals surface area contributed by atoms with Gasteiger partial charge in [-0.25, -0.2) is 4.39 Å². The number of benzene rings is 2. The van der Waals surface area contributed by atoms with Crippen molar-refractivity contribution in [3.05, 3.63) is 60.2 Å². The summed E-state index contributed by atoms with van der Waals surface area (Å²) in [5.41, 5.74) is 1.33. The van der Waals surface area contributed by atoms with E-state index < -0.39 is 5.82 Å². The highest BCUT2D eigenvalue weighted by molar-refractivity contribution is 14.1. The van der Waals surface area contributed by atoms with Gasteiger partial charge >= 0.3 is 0 Å². The fourth-order valence-corrected chi connectivity index (χ4v) is 4.23. The van der Waals surface area contributed by atoms with Gasteiger partial charge in [0.2, 0.25) is 0 Å². The van der Waals surface area contributed by atoms with Crippen LogP contribution in [-0.4, -0.2) is 10.9 Å². The van der Waals surface area contributed by atoms with Crippen LogP contribution >= 0.6 is 45.2 Å². The molecule has 1 heterocycles. The molecule has 0 fully saturated rings. The van der Waals surface area contributed by atoms with Crippen molar-refractivity contribution in [3.8, 4) is 5.75 Å². The minimum atomic E-state index is -0.412. The topological polar surface area (TPSA) is 50.4 Å². The van der Waals surface area contributed by atoms with E-state index in [4.69, 9.17) is 4.42 Å². The second-order valence-electron chi connectivity index (χ2n) is 5.01. The minimum Gasteiger partial charge on any atom is -0.506 e. The molecular weight excluding hydrogens is 525 g/mol. The number of aromatic hydroxyl groups is 1. The zero-order valence-corrected chi connectivity index (χ0v) is 16.3. The van der Waals surface area contributed by atoms with Crippen molar-refractivity contribution in [1.82, 2.24) is 0 Å². The number of carbonyl (C=O) groups excluding carboxylic acids is 1. The number of rotatable bonds is 3. The average Bonchev–Trinajstić information content (AvgIpc) is 2.89. The molecule has 3 rings (SSSR count). The fraction of sp³-hybridized carbons (Fsp3) is 0.118. The summed E-state index contributed by atoms with van der Waals surface area (Å²) in [5, 5.41) is 10.3. The van der Waals surface area contributed by atoms with Crippen molar-refractivity contribution in [3.63, 3.8) is 0 Å². The summed E-state index contributed by atoms with van der Waals surface area (Å²) in [6.07, 6.45) is 0.531. The molecule has 0 atom stereocenters. The lowest BCUT2D eigenvalue weighted by Crippen LogP contribution is -2.04. The van der Waals surface area contributed by atoms with Crippen molar-refractivity contribution >= 4 is 61.9 Å². The largest absolute Gasteiger partial charge is 0.506 e. The molecule has 6 heteroatoms. The Morgan fingerprint density at radius 1 is 1.22 bits per heavy atom. The number of hydrogen-bond acceptors (Lipinski definition) is 3. The molecule has 0 aliphatic heterocycles. The van der Waals surface area contributed by atoms with Crippen LogP contribution in [-0.2, 0) is 6.42 Å². The molecule has 3 nitrogen and oxygen atoms in total. The van der Waals surface area contributed by atoms with Crippen molar-refractivity contribution in [2.24, 2.45) is 0 Å². The first-order valence-electron chi connectivity index (χ1n) is 6.86. The van der Waals surface area contributed by atoms with Gasteiger partial charge < -0.3 is 9.52 Å². The number of carbonyl (C=O) groups is 1. The van der Waals surface area contributed by atoms with Crippen LogP contribution in [0.15, 0.2) is 34.7 Å². The van der Waals surface area contributed by atoms with Gasteiger partial charge in [-0.05, 0) is 75.5 Å².